The molecule has 0 saturated carbocycles. The summed E-state index contributed by atoms with van der Waals surface area (Å²) in [6, 6.07) is 8.51. The molecule has 0 radical (unpaired) electrons. The van der Waals surface area contributed by atoms with E-state index in [1.54, 1.807) is 37.3 Å². The number of rotatable bonds is 6. The van der Waals surface area contributed by atoms with Crippen molar-refractivity contribution in [3.63, 3.8) is 0 Å². The Bertz CT molecular complexity index is 754. The van der Waals surface area contributed by atoms with E-state index in [1.165, 1.54) is 0 Å². The minimum atomic E-state index is -3.49. The number of hydrogen-bond acceptors (Lipinski definition) is 5. The number of nitrogens with one attached hydrogen (secondary N) is 1. The Morgan fingerprint density at radius 1 is 1.43 bits per heavy atom. The van der Waals surface area contributed by atoms with E-state index in [2.05, 4.69) is 9.88 Å². The van der Waals surface area contributed by atoms with Gasteiger partial charge in [-0.15, -0.1) is 0 Å². The Hall–Kier alpha value is -1.77. The molecule has 0 aliphatic carbocycles. The smallest absolute Gasteiger partial charge is 0.216 e. The van der Waals surface area contributed by atoms with E-state index in [9.17, 15) is 8.42 Å². The number of hydrogen-bond donors (Lipinski definition) is 2. The Kier molecular flexibility index (Phi) is 4.71. The van der Waals surface area contributed by atoms with Crippen LogP contribution >= 0.6 is 12.2 Å². The van der Waals surface area contributed by atoms with E-state index < -0.39 is 10.0 Å². The maximum Gasteiger partial charge on any atom is 0.216 e. The van der Waals surface area contributed by atoms with Gasteiger partial charge < -0.3 is 10.3 Å². The maximum absolute atomic E-state index is 12.0. The van der Waals surface area contributed by atoms with Gasteiger partial charge in [0.15, 0.2) is 5.76 Å². The molecule has 8 heteroatoms. The molecule has 3 N–H and O–H groups in total. The lowest BCUT2D eigenvalue weighted by Crippen LogP contribution is -2.24. The molecule has 21 heavy (non-hydrogen) atoms. The second-order valence-corrected chi connectivity index (χ2v) is 6.83. The number of nitrogens with zero attached hydrogens (tertiary/aromatic N) is 1. The zero-order valence-electron chi connectivity index (χ0n) is 11.4. The third-order valence-corrected chi connectivity index (χ3v) is 4.24. The van der Waals surface area contributed by atoms with Gasteiger partial charge in [-0.3, -0.25) is 0 Å². The first kappa shape index (κ1) is 15.6. The van der Waals surface area contributed by atoms with Crippen LogP contribution in [0.2, 0.25) is 0 Å². The van der Waals surface area contributed by atoms with E-state index in [1.807, 2.05) is 0 Å². The summed E-state index contributed by atoms with van der Waals surface area (Å²) >= 11 is 4.87. The summed E-state index contributed by atoms with van der Waals surface area (Å²) in [6.45, 7) is 1.83. The van der Waals surface area contributed by atoms with Gasteiger partial charge in [0, 0.05) is 11.6 Å². The summed E-state index contributed by atoms with van der Waals surface area (Å²) in [4.78, 5) is 0.236. The number of aryl methyl sites for hydroxylation is 1. The van der Waals surface area contributed by atoms with E-state index in [-0.39, 0.29) is 17.3 Å². The molecule has 6 nitrogen and oxygen atoms in total. The van der Waals surface area contributed by atoms with Crippen LogP contribution in [0.15, 0.2) is 34.9 Å². The number of benzene rings is 1. The average molecular weight is 325 g/mol. The van der Waals surface area contributed by atoms with Crippen molar-refractivity contribution >= 4 is 27.2 Å². The highest BCUT2D eigenvalue weighted by molar-refractivity contribution is 7.88. The molecule has 0 aliphatic heterocycles. The second kappa shape index (κ2) is 6.33. The van der Waals surface area contributed by atoms with Gasteiger partial charge in [-0.1, -0.05) is 35.6 Å². The zero-order valence-corrected chi connectivity index (χ0v) is 13.0. The van der Waals surface area contributed by atoms with Crippen molar-refractivity contribution in [3.05, 3.63) is 52.9 Å². The first-order valence-corrected chi connectivity index (χ1v) is 8.20. The van der Waals surface area contributed by atoms with E-state index in [0.717, 1.165) is 0 Å². The molecule has 0 bridgehead atoms. The van der Waals surface area contributed by atoms with Crippen molar-refractivity contribution in [1.82, 2.24) is 9.88 Å². The highest BCUT2D eigenvalue weighted by Gasteiger charge is 2.13. The Balaban J connectivity index is 2.03. The lowest BCUT2D eigenvalue weighted by atomic mass is 10.1. The minimum absolute atomic E-state index is 0.0676. The average Bonchev–Trinajstić information content (AvgIpc) is 2.82. The highest BCUT2D eigenvalue weighted by Crippen LogP contribution is 2.10. The predicted octanol–water partition coefficient (Wildman–Crippen LogP) is 1.24. The molecule has 2 rings (SSSR count). The van der Waals surface area contributed by atoms with Crippen LogP contribution in [0.5, 0.6) is 0 Å². The molecule has 112 valence electrons. The van der Waals surface area contributed by atoms with Gasteiger partial charge in [0.2, 0.25) is 10.0 Å². The Morgan fingerprint density at radius 2 is 2.19 bits per heavy atom. The van der Waals surface area contributed by atoms with Crippen molar-refractivity contribution in [1.29, 1.82) is 0 Å². The third-order valence-electron chi connectivity index (χ3n) is 2.71. The summed E-state index contributed by atoms with van der Waals surface area (Å²) in [5.74, 6) is 0.310. The van der Waals surface area contributed by atoms with Crippen LogP contribution in [0.25, 0.3) is 0 Å². The molecule has 1 aromatic carbocycles. The molecule has 2 aromatic rings. The van der Waals surface area contributed by atoms with Gasteiger partial charge in [0.1, 0.15) is 4.99 Å². The maximum atomic E-state index is 12.0. The summed E-state index contributed by atoms with van der Waals surface area (Å²) in [7, 11) is -3.49. The van der Waals surface area contributed by atoms with Crippen LogP contribution in [0.1, 0.15) is 22.6 Å². The zero-order chi connectivity index (χ0) is 15.5. The molecule has 0 spiro atoms. The van der Waals surface area contributed by atoms with Crippen LogP contribution in [0, 0.1) is 6.92 Å². The van der Waals surface area contributed by atoms with Gasteiger partial charge in [-0.05, 0) is 18.6 Å². The minimum Gasteiger partial charge on any atom is -0.389 e. The number of nitrogens with two attached hydrogens (primary N) is 1. The molecule has 0 saturated heterocycles. The molecule has 1 aromatic heterocycles. The largest absolute Gasteiger partial charge is 0.389 e. The molecular formula is C13H15N3O3S2. The SMILES string of the molecule is Cc1cc(CNS(=O)(=O)Cc2cccc(C(N)=S)c2)on1. The number of aromatic nitrogens is 1. The van der Waals surface area contributed by atoms with Crippen molar-refractivity contribution < 1.29 is 12.9 Å². The van der Waals surface area contributed by atoms with Crippen LogP contribution in [0.3, 0.4) is 0 Å². The lowest BCUT2D eigenvalue weighted by molar-refractivity contribution is 0.377. The molecular weight excluding hydrogens is 310 g/mol. The fourth-order valence-corrected chi connectivity index (χ4v) is 2.98. The molecule has 0 amide bonds. The number of thiocarbonyl (C=S) groups is 1. The van der Waals surface area contributed by atoms with Crippen molar-refractivity contribution in [2.24, 2.45) is 5.73 Å². The normalized spacial score (nSPS) is 11.5. The van der Waals surface area contributed by atoms with Crippen LogP contribution in [-0.4, -0.2) is 18.6 Å². The van der Waals surface area contributed by atoms with Crippen LogP contribution < -0.4 is 10.5 Å². The topological polar surface area (TPSA) is 98.2 Å². The highest BCUT2D eigenvalue weighted by atomic mass is 32.2. The predicted molar refractivity (Wildman–Crippen MR) is 83.0 cm³/mol. The summed E-state index contributed by atoms with van der Waals surface area (Å²) < 4.78 is 31.5. The van der Waals surface area contributed by atoms with Crippen molar-refractivity contribution in [3.8, 4) is 0 Å². The monoisotopic (exact) mass is 325 g/mol. The first-order chi connectivity index (χ1) is 9.85. The second-order valence-electron chi connectivity index (χ2n) is 4.58. The van der Waals surface area contributed by atoms with Gasteiger partial charge in [-0.2, -0.15) is 0 Å². The van der Waals surface area contributed by atoms with Crippen LogP contribution in [0.4, 0.5) is 0 Å². The van der Waals surface area contributed by atoms with Gasteiger partial charge in [0.25, 0.3) is 0 Å². The summed E-state index contributed by atoms with van der Waals surface area (Å²) in [6.07, 6.45) is 0. The van der Waals surface area contributed by atoms with Crippen molar-refractivity contribution in [2.45, 2.75) is 19.2 Å². The quantitative estimate of drug-likeness (QED) is 0.775. The van der Waals surface area contributed by atoms with Crippen LogP contribution in [-0.2, 0) is 22.3 Å². The van der Waals surface area contributed by atoms with E-state index in [0.29, 0.717) is 22.6 Å². The molecule has 0 aliphatic rings. The first-order valence-electron chi connectivity index (χ1n) is 6.14. The molecule has 0 atom stereocenters. The fourth-order valence-electron chi connectivity index (χ4n) is 1.77. The molecule has 0 fully saturated rings. The van der Waals surface area contributed by atoms with Gasteiger partial charge in [-0.25, -0.2) is 13.1 Å². The Morgan fingerprint density at radius 3 is 2.81 bits per heavy atom. The standard InChI is InChI=1S/C13H15N3O3S2/c1-9-5-12(19-16-9)7-15-21(17,18)8-10-3-2-4-11(6-10)13(14)20/h2-6,15H,7-8H2,1H3,(H2,14,20). The molecule has 0 unspecified atom stereocenters. The third kappa shape index (κ3) is 4.62. The fraction of sp³-hybridized carbons (Fsp3) is 0.231. The van der Waals surface area contributed by atoms with E-state index in [4.69, 9.17) is 22.5 Å². The van der Waals surface area contributed by atoms with Crippen molar-refractivity contribution in [2.75, 3.05) is 0 Å². The summed E-state index contributed by atoms with van der Waals surface area (Å²) in [5.41, 5.74) is 7.49. The molecule has 1 heterocycles. The Labute approximate surface area is 128 Å². The van der Waals surface area contributed by atoms with Gasteiger partial charge in [0.05, 0.1) is 18.0 Å². The van der Waals surface area contributed by atoms with Gasteiger partial charge >= 0.3 is 0 Å². The van der Waals surface area contributed by atoms with E-state index >= 15 is 0 Å². The number of sulfonamides is 1. The summed E-state index contributed by atoms with van der Waals surface area (Å²) in [5, 5.41) is 3.69. The lowest BCUT2D eigenvalue weighted by Gasteiger charge is -2.06.